The number of esters is 1. The van der Waals surface area contributed by atoms with E-state index in [0.29, 0.717) is 11.3 Å². The summed E-state index contributed by atoms with van der Waals surface area (Å²) in [5.74, 6) is -0.0399. The maximum atomic E-state index is 11.9. The van der Waals surface area contributed by atoms with Crippen molar-refractivity contribution in [2.75, 3.05) is 13.8 Å². The Morgan fingerprint density at radius 3 is 2.74 bits per heavy atom. The highest BCUT2D eigenvalue weighted by molar-refractivity contribution is 6.29. The minimum atomic E-state index is -0.895. The molecule has 1 amide bonds. The van der Waals surface area contributed by atoms with Gasteiger partial charge in [0.2, 0.25) is 6.79 Å². The smallest absolute Gasteiger partial charge is 0.414 e. The van der Waals surface area contributed by atoms with E-state index in [2.05, 4.69) is 15.3 Å². The predicted molar refractivity (Wildman–Crippen MR) is 94.0 cm³/mol. The molecule has 0 unspecified atom stereocenters. The van der Waals surface area contributed by atoms with E-state index < -0.39 is 18.9 Å². The molecule has 27 heavy (non-hydrogen) atoms. The van der Waals surface area contributed by atoms with Crippen LogP contribution in [0.2, 0.25) is 5.15 Å². The Balaban J connectivity index is 1.83. The van der Waals surface area contributed by atoms with Crippen molar-refractivity contribution in [2.45, 2.75) is 6.54 Å². The largest absolute Gasteiger partial charge is 0.424 e. The molecule has 0 bridgehead atoms. The molecule has 9 nitrogen and oxygen atoms in total. The molecule has 0 saturated carbocycles. The van der Waals surface area contributed by atoms with Crippen LogP contribution < -0.4 is 5.32 Å². The van der Waals surface area contributed by atoms with Crippen molar-refractivity contribution in [3.63, 3.8) is 0 Å². The molecule has 1 N–H and O–H groups in total. The molecule has 140 valence electrons. The molecule has 1 heterocycles. The molecule has 2 rings (SSSR count). The highest BCUT2D eigenvalue weighted by Crippen LogP contribution is 2.12. The van der Waals surface area contributed by atoms with Crippen LogP contribution in [0.4, 0.5) is 4.79 Å². The van der Waals surface area contributed by atoms with Gasteiger partial charge in [0.15, 0.2) is 17.1 Å². The number of nitrogens with zero attached hydrogens (tertiary/aromatic N) is 3. The molecule has 0 spiro atoms. The van der Waals surface area contributed by atoms with Gasteiger partial charge in [0.1, 0.15) is 5.82 Å². The third kappa shape index (κ3) is 6.37. The molecule has 10 heteroatoms. The summed E-state index contributed by atoms with van der Waals surface area (Å²) in [5.41, 5.74) is 0.334. The van der Waals surface area contributed by atoms with Gasteiger partial charge in [-0.2, -0.15) is 0 Å². The fourth-order valence-electron chi connectivity index (χ4n) is 1.90. The highest BCUT2D eigenvalue weighted by atomic mass is 35.5. The Morgan fingerprint density at radius 1 is 1.37 bits per heavy atom. The summed E-state index contributed by atoms with van der Waals surface area (Å²) >= 11 is 5.68. The summed E-state index contributed by atoms with van der Waals surface area (Å²) in [7, 11) is 1.61. The Hall–Kier alpha value is -3.51. The van der Waals surface area contributed by atoms with Crippen LogP contribution in [0.3, 0.4) is 0 Å². The Labute approximate surface area is 159 Å². The molecule has 2 aromatic rings. The molecule has 0 aliphatic carbocycles. The minimum Gasteiger partial charge on any atom is -0.424 e. The van der Waals surface area contributed by atoms with Crippen molar-refractivity contribution in [3.05, 3.63) is 76.3 Å². The topological polar surface area (TPSA) is 98.3 Å². The van der Waals surface area contributed by atoms with Gasteiger partial charge in [0, 0.05) is 13.1 Å². The number of benzene rings is 1. The zero-order valence-electron chi connectivity index (χ0n) is 14.2. The molecule has 0 fully saturated rings. The third-order valence-corrected chi connectivity index (χ3v) is 3.32. The SMILES string of the molecule is [C-]#[N+]/C=C(\NC(=O)OCOC(=O)c1ccccc1)N(C)Cc1cc(Cl)no1. The zero-order valence-corrected chi connectivity index (χ0v) is 15.0. The first kappa shape index (κ1) is 19.8. The number of hydrogen-bond acceptors (Lipinski definition) is 7. The predicted octanol–water partition coefficient (Wildman–Crippen LogP) is 3.02. The fourth-order valence-corrected chi connectivity index (χ4v) is 2.06. The van der Waals surface area contributed by atoms with Gasteiger partial charge in [0.05, 0.1) is 18.7 Å². The summed E-state index contributed by atoms with van der Waals surface area (Å²) in [4.78, 5) is 28.2. The number of alkyl carbamates (subject to hydrolysis) is 1. The van der Waals surface area contributed by atoms with Gasteiger partial charge in [-0.3, -0.25) is 5.32 Å². The lowest BCUT2D eigenvalue weighted by molar-refractivity contribution is -0.00215. The van der Waals surface area contributed by atoms with Crippen molar-refractivity contribution in [3.8, 4) is 0 Å². The van der Waals surface area contributed by atoms with Crippen molar-refractivity contribution in [2.24, 2.45) is 0 Å². The monoisotopic (exact) mass is 390 g/mol. The van der Waals surface area contributed by atoms with Crippen LogP contribution in [0.1, 0.15) is 16.1 Å². The number of rotatable bonds is 7. The first-order valence-corrected chi connectivity index (χ1v) is 7.92. The van der Waals surface area contributed by atoms with Crippen LogP contribution in [-0.2, 0) is 16.0 Å². The average molecular weight is 391 g/mol. The van der Waals surface area contributed by atoms with Crippen LogP contribution in [0.5, 0.6) is 0 Å². The number of carbonyl (C=O) groups excluding carboxylic acids is 2. The summed E-state index contributed by atoms with van der Waals surface area (Å²) < 4.78 is 14.6. The maximum Gasteiger partial charge on any atom is 0.414 e. The van der Waals surface area contributed by atoms with Crippen molar-refractivity contribution >= 4 is 23.7 Å². The molecule has 0 atom stereocenters. The van der Waals surface area contributed by atoms with E-state index >= 15 is 0 Å². The normalized spacial score (nSPS) is 10.6. The van der Waals surface area contributed by atoms with E-state index in [1.807, 2.05) is 0 Å². The molecule has 1 aromatic carbocycles. The second-order valence-electron chi connectivity index (χ2n) is 5.09. The summed E-state index contributed by atoms with van der Waals surface area (Å²) in [6, 6.07) is 9.78. The van der Waals surface area contributed by atoms with Crippen molar-refractivity contribution in [1.29, 1.82) is 0 Å². The number of carbonyl (C=O) groups is 2. The standard InChI is InChI=1S/C17H15ClN4O5/c1-19-9-15(22(2)10-13-8-14(18)21-27-13)20-17(24)26-11-25-16(23)12-6-4-3-5-7-12/h3-9H,10-11H2,2H3,(H,20,24)/b15-9+. The van der Waals surface area contributed by atoms with Crippen LogP contribution in [0.15, 0.2) is 52.9 Å². The van der Waals surface area contributed by atoms with Crippen LogP contribution in [-0.4, -0.2) is 36.0 Å². The van der Waals surface area contributed by atoms with Gasteiger partial charge in [-0.05, 0) is 12.1 Å². The summed E-state index contributed by atoms with van der Waals surface area (Å²) in [6.45, 7) is 6.57. The van der Waals surface area contributed by atoms with E-state index in [-0.39, 0.29) is 17.5 Å². The van der Waals surface area contributed by atoms with Gasteiger partial charge >= 0.3 is 12.1 Å². The van der Waals surface area contributed by atoms with Gasteiger partial charge in [-0.1, -0.05) is 35.0 Å². The number of hydrogen-bond donors (Lipinski definition) is 1. The summed E-state index contributed by atoms with van der Waals surface area (Å²) in [5, 5.41) is 6.12. The van der Waals surface area contributed by atoms with Crippen molar-refractivity contribution < 1.29 is 23.6 Å². The Kier molecular flexibility index (Phi) is 7.22. The lowest BCUT2D eigenvalue weighted by Crippen LogP contribution is -2.33. The second-order valence-corrected chi connectivity index (χ2v) is 5.48. The Bertz CT molecular complexity index is 860. The number of aromatic nitrogens is 1. The number of halogens is 1. The maximum absolute atomic E-state index is 11.9. The minimum absolute atomic E-state index is 0.150. The number of amides is 1. The van der Waals surface area contributed by atoms with Crippen LogP contribution >= 0.6 is 11.6 Å². The van der Waals surface area contributed by atoms with E-state index in [4.69, 9.17) is 32.2 Å². The molecular weight excluding hydrogens is 376 g/mol. The van der Waals surface area contributed by atoms with E-state index in [1.165, 1.54) is 11.0 Å². The van der Waals surface area contributed by atoms with Crippen molar-refractivity contribution in [1.82, 2.24) is 15.4 Å². The number of nitrogens with one attached hydrogen (secondary N) is 1. The zero-order chi connectivity index (χ0) is 19.6. The van der Waals surface area contributed by atoms with Crippen LogP contribution in [0, 0.1) is 6.57 Å². The first-order valence-electron chi connectivity index (χ1n) is 7.54. The average Bonchev–Trinajstić information content (AvgIpc) is 3.06. The van der Waals surface area contributed by atoms with Gasteiger partial charge < -0.3 is 18.9 Å². The Morgan fingerprint density at radius 2 is 2.11 bits per heavy atom. The molecular formula is C17H15ClN4O5. The molecule has 0 aliphatic rings. The third-order valence-electron chi connectivity index (χ3n) is 3.14. The lowest BCUT2D eigenvalue weighted by atomic mass is 10.2. The molecule has 0 aliphatic heterocycles. The van der Waals surface area contributed by atoms with E-state index in [1.54, 1.807) is 37.4 Å². The molecule has 0 radical (unpaired) electrons. The number of ether oxygens (including phenoxy) is 2. The molecule has 1 aromatic heterocycles. The molecule has 0 saturated heterocycles. The van der Waals surface area contributed by atoms with Gasteiger partial charge in [-0.15, -0.1) is 0 Å². The lowest BCUT2D eigenvalue weighted by Gasteiger charge is -2.21. The highest BCUT2D eigenvalue weighted by Gasteiger charge is 2.14. The van der Waals surface area contributed by atoms with Crippen LogP contribution in [0.25, 0.3) is 4.85 Å². The van der Waals surface area contributed by atoms with Gasteiger partial charge in [0.25, 0.3) is 0 Å². The fraction of sp³-hybridized carbons (Fsp3) is 0.176. The first-order chi connectivity index (χ1) is 13.0. The summed E-state index contributed by atoms with van der Waals surface area (Å²) in [6.07, 6.45) is 0.197. The van der Waals surface area contributed by atoms with E-state index in [9.17, 15) is 9.59 Å². The quantitative estimate of drug-likeness (QED) is 0.440. The second kappa shape index (κ2) is 9.84. The van der Waals surface area contributed by atoms with E-state index in [0.717, 1.165) is 6.20 Å². The van der Waals surface area contributed by atoms with Gasteiger partial charge in [-0.25, -0.2) is 14.4 Å².